The van der Waals surface area contributed by atoms with E-state index in [1.165, 1.54) is 18.9 Å². The molecule has 0 aromatic heterocycles. The Morgan fingerprint density at radius 1 is 1.42 bits per heavy atom. The number of hydrogen-bond acceptors (Lipinski definition) is 2. The predicted octanol–water partition coefficient (Wildman–Crippen LogP) is 3.33. The van der Waals surface area contributed by atoms with Crippen molar-refractivity contribution in [2.45, 2.75) is 38.1 Å². The predicted molar refractivity (Wildman–Crippen MR) is 75.8 cm³/mol. The quantitative estimate of drug-likeness (QED) is 0.778. The van der Waals surface area contributed by atoms with Crippen LogP contribution >= 0.6 is 0 Å². The van der Waals surface area contributed by atoms with Crippen molar-refractivity contribution in [3.63, 3.8) is 0 Å². The van der Waals surface area contributed by atoms with E-state index in [9.17, 15) is 4.39 Å². The molecule has 0 radical (unpaired) electrons. The van der Waals surface area contributed by atoms with Crippen molar-refractivity contribution in [2.24, 2.45) is 5.92 Å². The van der Waals surface area contributed by atoms with Crippen LogP contribution in [0.15, 0.2) is 24.3 Å². The van der Waals surface area contributed by atoms with Crippen LogP contribution in [0, 0.1) is 11.7 Å². The number of methoxy groups -OCH3 is 1. The molecular formula is C16H24FNO. The summed E-state index contributed by atoms with van der Waals surface area (Å²) in [6.07, 6.45) is 3.56. The SMILES string of the molecule is COCCC(C)C(CNC1CC1)c1cccc(F)c1. The third-order valence-corrected chi connectivity index (χ3v) is 3.94. The Morgan fingerprint density at radius 3 is 2.84 bits per heavy atom. The average molecular weight is 265 g/mol. The zero-order valence-corrected chi connectivity index (χ0v) is 11.9. The fourth-order valence-electron chi connectivity index (χ4n) is 2.47. The maximum atomic E-state index is 13.4. The Kier molecular flexibility index (Phi) is 5.34. The average Bonchev–Trinajstić information content (AvgIpc) is 3.21. The largest absolute Gasteiger partial charge is 0.385 e. The van der Waals surface area contributed by atoms with Gasteiger partial charge in [-0.3, -0.25) is 0 Å². The van der Waals surface area contributed by atoms with E-state index in [1.54, 1.807) is 19.2 Å². The molecule has 1 aromatic carbocycles. The van der Waals surface area contributed by atoms with E-state index in [0.717, 1.165) is 25.1 Å². The van der Waals surface area contributed by atoms with Crippen molar-refractivity contribution in [2.75, 3.05) is 20.3 Å². The molecule has 0 aliphatic heterocycles. The van der Waals surface area contributed by atoms with Crippen molar-refractivity contribution >= 4 is 0 Å². The number of hydrogen-bond donors (Lipinski definition) is 1. The molecule has 1 saturated carbocycles. The molecule has 2 atom stereocenters. The maximum Gasteiger partial charge on any atom is 0.123 e. The van der Waals surface area contributed by atoms with Gasteiger partial charge in [-0.1, -0.05) is 19.1 Å². The molecule has 0 saturated heterocycles. The van der Waals surface area contributed by atoms with Crippen LogP contribution in [-0.4, -0.2) is 26.3 Å². The van der Waals surface area contributed by atoms with Crippen molar-refractivity contribution in [3.8, 4) is 0 Å². The van der Waals surface area contributed by atoms with Gasteiger partial charge in [0.1, 0.15) is 5.82 Å². The van der Waals surface area contributed by atoms with E-state index in [4.69, 9.17) is 4.74 Å². The van der Waals surface area contributed by atoms with Crippen LogP contribution in [0.3, 0.4) is 0 Å². The van der Waals surface area contributed by atoms with Gasteiger partial charge in [0.15, 0.2) is 0 Å². The van der Waals surface area contributed by atoms with Gasteiger partial charge in [0.25, 0.3) is 0 Å². The lowest BCUT2D eigenvalue weighted by Crippen LogP contribution is -2.27. The fraction of sp³-hybridized carbons (Fsp3) is 0.625. The summed E-state index contributed by atoms with van der Waals surface area (Å²) in [4.78, 5) is 0. The van der Waals surface area contributed by atoms with E-state index in [-0.39, 0.29) is 5.82 Å². The summed E-state index contributed by atoms with van der Waals surface area (Å²) in [5, 5.41) is 3.57. The zero-order valence-electron chi connectivity index (χ0n) is 11.9. The van der Waals surface area contributed by atoms with Crippen molar-refractivity contribution < 1.29 is 9.13 Å². The monoisotopic (exact) mass is 265 g/mol. The second-order valence-electron chi connectivity index (χ2n) is 5.60. The van der Waals surface area contributed by atoms with Crippen LogP contribution < -0.4 is 5.32 Å². The van der Waals surface area contributed by atoms with Crippen molar-refractivity contribution in [3.05, 3.63) is 35.6 Å². The summed E-state index contributed by atoms with van der Waals surface area (Å²) in [6.45, 7) is 3.92. The summed E-state index contributed by atoms with van der Waals surface area (Å²) in [5.74, 6) is 0.687. The van der Waals surface area contributed by atoms with Gasteiger partial charge in [-0.05, 0) is 48.8 Å². The molecule has 2 unspecified atom stereocenters. The third kappa shape index (κ3) is 4.59. The molecule has 1 aliphatic carbocycles. The van der Waals surface area contributed by atoms with Gasteiger partial charge in [0, 0.05) is 26.3 Å². The highest BCUT2D eigenvalue weighted by Gasteiger charge is 2.25. The van der Waals surface area contributed by atoms with E-state index < -0.39 is 0 Å². The smallest absolute Gasteiger partial charge is 0.123 e. The van der Waals surface area contributed by atoms with Gasteiger partial charge in [0.2, 0.25) is 0 Å². The molecule has 2 nitrogen and oxygen atoms in total. The van der Waals surface area contributed by atoms with Gasteiger partial charge in [-0.15, -0.1) is 0 Å². The molecule has 0 amide bonds. The Morgan fingerprint density at radius 2 is 2.21 bits per heavy atom. The second-order valence-corrected chi connectivity index (χ2v) is 5.60. The van der Waals surface area contributed by atoms with Gasteiger partial charge >= 0.3 is 0 Å². The molecule has 0 bridgehead atoms. The molecule has 1 aliphatic rings. The zero-order chi connectivity index (χ0) is 13.7. The first kappa shape index (κ1) is 14.5. The van der Waals surface area contributed by atoms with Gasteiger partial charge < -0.3 is 10.1 Å². The molecule has 1 aromatic rings. The van der Waals surface area contributed by atoms with E-state index in [0.29, 0.717) is 17.9 Å². The van der Waals surface area contributed by atoms with Crippen LogP contribution in [-0.2, 0) is 4.74 Å². The normalized spacial score (nSPS) is 18.3. The van der Waals surface area contributed by atoms with Gasteiger partial charge in [-0.25, -0.2) is 4.39 Å². The van der Waals surface area contributed by atoms with Crippen LogP contribution in [0.1, 0.15) is 37.7 Å². The minimum Gasteiger partial charge on any atom is -0.385 e. The first-order valence-electron chi connectivity index (χ1n) is 7.18. The highest BCUT2D eigenvalue weighted by atomic mass is 19.1. The third-order valence-electron chi connectivity index (χ3n) is 3.94. The Hall–Kier alpha value is -0.930. The minimum absolute atomic E-state index is 0.145. The van der Waals surface area contributed by atoms with Crippen LogP contribution in [0.25, 0.3) is 0 Å². The molecule has 2 rings (SSSR count). The lowest BCUT2D eigenvalue weighted by atomic mass is 9.85. The Bertz CT molecular complexity index is 392. The maximum absolute atomic E-state index is 13.4. The van der Waals surface area contributed by atoms with Crippen molar-refractivity contribution in [1.82, 2.24) is 5.32 Å². The molecule has 19 heavy (non-hydrogen) atoms. The first-order valence-corrected chi connectivity index (χ1v) is 7.18. The van der Waals surface area contributed by atoms with Crippen LogP contribution in [0.5, 0.6) is 0 Å². The van der Waals surface area contributed by atoms with E-state index in [2.05, 4.69) is 12.2 Å². The summed E-state index contributed by atoms with van der Waals surface area (Å²) < 4.78 is 18.6. The highest BCUT2D eigenvalue weighted by molar-refractivity contribution is 5.22. The fourth-order valence-corrected chi connectivity index (χ4v) is 2.47. The summed E-state index contributed by atoms with van der Waals surface area (Å²) in [6, 6.07) is 7.70. The number of halogens is 1. The number of ether oxygens (including phenoxy) is 1. The summed E-state index contributed by atoms with van der Waals surface area (Å²) in [5.41, 5.74) is 1.09. The lowest BCUT2D eigenvalue weighted by Gasteiger charge is -2.25. The lowest BCUT2D eigenvalue weighted by molar-refractivity contribution is 0.173. The standard InChI is InChI=1S/C16H24FNO/c1-12(8-9-19-2)16(11-18-15-6-7-15)13-4-3-5-14(17)10-13/h3-5,10,12,15-16,18H,6-9,11H2,1-2H3. The number of rotatable bonds is 8. The molecule has 0 heterocycles. The van der Waals surface area contributed by atoms with Crippen LogP contribution in [0.4, 0.5) is 4.39 Å². The number of nitrogens with one attached hydrogen (secondary N) is 1. The molecular weight excluding hydrogens is 241 g/mol. The molecule has 3 heteroatoms. The topological polar surface area (TPSA) is 21.3 Å². The Labute approximate surface area is 115 Å². The molecule has 1 fully saturated rings. The minimum atomic E-state index is -0.145. The summed E-state index contributed by atoms with van der Waals surface area (Å²) >= 11 is 0. The molecule has 106 valence electrons. The second kappa shape index (κ2) is 7.01. The van der Waals surface area contributed by atoms with Gasteiger partial charge in [0.05, 0.1) is 0 Å². The summed E-state index contributed by atoms with van der Waals surface area (Å²) in [7, 11) is 1.73. The highest BCUT2D eigenvalue weighted by Crippen LogP contribution is 2.28. The van der Waals surface area contributed by atoms with E-state index >= 15 is 0 Å². The van der Waals surface area contributed by atoms with E-state index in [1.807, 2.05) is 6.07 Å². The van der Waals surface area contributed by atoms with Gasteiger partial charge in [-0.2, -0.15) is 0 Å². The first-order chi connectivity index (χ1) is 9.20. The Balaban J connectivity index is 2.02. The van der Waals surface area contributed by atoms with Crippen LogP contribution in [0.2, 0.25) is 0 Å². The molecule has 0 spiro atoms. The van der Waals surface area contributed by atoms with Crippen molar-refractivity contribution in [1.29, 1.82) is 0 Å². The number of benzene rings is 1. The molecule has 1 N–H and O–H groups in total.